The summed E-state index contributed by atoms with van der Waals surface area (Å²) in [6.07, 6.45) is 0.943. The zero-order chi connectivity index (χ0) is 9.35. The Bertz CT molecular complexity index is 403. The fourth-order valence-corrected chi connectivity index (χ4v) is 1.58. The highest BCUT2D eigenvalue weighted by Crippen LogP contribution is 2.20. The molecule has 0 aliphatic rings. The largest absolute Gasteiger partial charge is 0.475 e. The summed E-state index contributed by atoms with van der Waals surface area (Å²) in [7, 11) is 0.861. The van der Waals surface area contributed by atoms with Crippen LogP contribution >= 0.6 is 10.7 Å². The second-order valence-electron chi connectivity index (χ2n) is 1.86. The third kappa shape index (κ3) is 1.59. The molecule has 7 heteroatoms. The fourth-order valence-electron chi connectivity index (χ4n) is 0.645. The Balaban J connectivity index is 3.36. The average molecular weight is 211 g/mol. The highest BCUT2D eigenvalue weighted by atomic mass is 35.7. The molecule has 0 aromatic carbocycles. The van der Waals surface area contributed by atoms with Gasteiger partial charge in [-0.3, -0.25) is 0 Å². The van der Waals surface area contributed by atoms with E-state index in [4.69, 9.17) is 15.8 Å². The van der Waals surface area contributed by atoms with Crippen molar-refractivity contribution < 1.29 is 22.7 Å². The lowest BCUT2D eigenvalue weighted by molar-refractivity contribution is 0.0657. The number of hydrogen-bond acceptors (Lipinski definition) is 4. The maximum absolute atomic E-state index is 10.7. The quantitative estimate of drug-likeness (QED) is 0.734. The Morgan fingerprint density at radius 2 is 2.17 bits per heavy atom. The highest BCUT2D eigenvalue weighted by Gasteiger charge is 2.23. The van der Waals surface area contributed by atoms with Crippen LogP contribution in [0.2, 0.25) is 0 Å². The van der Waals surface area contributed by atoms with E-state index in [2.05, 4.69) is 4.42 Å². The Hall–Kier alpha value is -1.01. The molecule has 1 N–H and O–H groups in total. The zero-order valence-electron chi connectivity index (χ0n) is 5.52. The summed E-state index contributed by atoms with van der Waals surface area (Å²) in [6.45, 7) is 0. The summed E-state index contributed by atoms with van der Waals surface area (Å²) < 4.78 is 25.7. The minimum Gasteiger partial charge on any atom is -0.475 e. The van der Waals surface area contributed by atoms with Crippen molar-refractivity contribution in [3.05, 3.63) is 18.1 Å². The van der Waals surface area contributed by atoms with Crippen LogP contribution in [-0.4, -0.2) is 19.5 Å². The summed E-state index contributed by atoms with van der Waals surface area (Å²) in [4.78, 5) is 9.78. The predicted octanol–water partition coefficient (Wildman–Crippen LogP) is 0.905. The molecule has 1 heterocycles. The molecule has 0 aliphatic carbocycles. The molecule has 1 aromatic rings. The molecule has 0 amide bonds. The molecular weight excluding hydrogens is 208 g/mol. The first-order chi connectivity index (χ1) is 5.43. The van der Waals surface area contributed by atoms with E-state index in [1.165, 1.54) is 0 Å². The van der Waals surface area contributed by atoms with E-state index in [0.29, 0.717) is 0 Å². The molecule has 0 spiro atoms. The maximum atomic E-state index is 10.7. The van der Waals surface area contributed by atoms with Gasteiger partial charge in [0.25, 0.3) is 9.05 Å². The van der Waals surface area contributed by atoms with Crippen molar-refractivity contribution in [1.29, 1.82) is 0 Å². The minimum atomic E-state index is -4.04. The lowest BCUT2D eigenvalue weighted by Gasteiger charge is -1.90. The number of halogens is 1. The second kappa shape index (κ2) is 2.80. The molecule has 0 bridgehead atoms. The van der Waals surface area contributed by atoms with Gasteiger partial charge in [0.05, 0.1) is 6.26 Å². The van der Waals surface area contributed by atoms with Crippen LogP contribution in [0.25, 0.3) is 0 Å². The number of carboxylic acid groups (broad SMARTS) is 1. The van der Waals surface area contributed by atoms with Gasteiger partial charge < -0.3 is 9.52 Å². The standard InChI is InChI=1S/C5H3ClO5S/c6-12(9,10)3-1-2-11-4(3)5(7)8/h1-2H,(H,7,8). The molecule has 0 atom stereocenters. The van der Waals surface area contributed by atoms with E-state index in [9.17, 15) is 13.2 Å². The van der Waals surface area contributed by atoms with Crippen molar-refractivity contribution in [2.75, 3.05) is 0 Å². The minimum absolute atomic E-state index is 0.531. The molecule has 12 heavy (non-hydrogen) atoms. The lowest BCUT2D eigenvalue weighted by atomic mass is 10.5. The Morgan fingerprint density at radius 3 is 2.50 bits per heavy atom. The van der Waals surface area contributed by atoms with E-state index in [1.54, 1.807) is 0 Å². The molecule has 0 saturated heterocycles. The van der Waals surface area contributed by atoms with Crippen LogP contribution in [0.3, 0.4) is 0 Å². The third-order valence-electron chi connectivity index (χ3n) is 1.09. The first kappa shape index (κ1) is 9.08. The van der Waals surface area contributed by atoms with Gasteiger partial charge in [0.15, 0.2) is 0 Å². The van der Waals surface area contributed by atoms with Crippen LogP contribution in [0.1, 0.15) is 10.6 Å². The van der Waals surface area contributed by atoms with E-state index in [1.807, 2.05) is 0 Å². The molecule has 0 unspecified atom stereocenters. The number of furan rings is 1. The fraction of sp³-hybridized carbons (Fsp3) is 0. The number of aromatic carboxylic acids is 1. The Kier molecular flexibility index (Phi) is 2.12. The van der Waals surface area contributed by atoms with E-state index in [0.717, 1.165) is 12.3 Å². The van der Waals surface area contributed by atoms with Crippen molar-refractivity contribution in [3.63, 3.8) is 0 Å². The molecule has 5 nitrogen and oxygen atoms in total. The van der Waals surface area contributed by atoms with Crippen LogP contribution < -0.4 is 0 Å². The Morgan fingerprint density at radius 1 is 1.58 bits per heavy atom. The number of carboxylic acids is 1. The van der Waals surface area contributed by atoms with E-state index < -0.39 is 25.7 Å². The SMILES string of the molecule is O=C(O)c1occc1S(=O)(=O)Cl. The molecule has 0 aliphatic heterocycles. The summed E-state index contributed by atoms with van der Waals surface area (Å²) >= 11 is 0. The van der Waals surface area contributed by atoms with Crippen molar-refractivity contribution in [3.8, 4) is 0 Å². The first-order valence-corrected chi connectivity index (χ1v) is 4.99. The average Bonchev–Trinajstić information content (AvgIpc) is 2.30. The zero-order valence-corrected chi connectivity index (χ0v) is 7.09. The van der Waals surface area contributed by atoms with Crippen molar-refractivity contribution >= 4 is 25.7 Å². The summed E-state index contributed by atoms with van der Waals surface area (Å²) in [6, 6.07) is 0.978. The number of rotatable bonds is 2. The van der Waals surface area contributed by atoms with Crippen LogP contribution in [0.4, 0.5) is 0 Å². The number of carbonyl (C=O) groups is 1. The highest BCUT2D eigenvalue weighted by molar-refractivity contribution is 8.13. The summed E-state index contributed by atoms with van der Waals surface area (Å²) in [5.74, 6) is -2.15. The molecule has 0 fully saturated rings. The van der Waals surface area contributed by atoms with Crippen molar-refractivity contribution in [2.45, 2.75) is 4.90 Å². The van der Waals surface area contributed by atoms with Gasteiger partial charge in [0.2, 0.25) is 5.76 Å². The topological polar surface area (TPSA) is 84.6 Å². The smallest absolute Gasteiger partial charge is 0.373 e. The normalized spacial score (nSPS) is 11.4. The molecule has 0 radical (unpaired) electrons. The van der Waals surface area contributed by atoms with Gasteiger partial charge in [-0.15, -0.1) is 0 Å². The lowest BCUT2D eigenvalue weighted by Crippen LogP contribution is -2.00. The van der Waals surface area contributed by atoms with Gasteiger partial charge in [-0.2, -0.15) is 0 Å². The molecular formula is C5H3ClO5S. The van der Waals surface area contributed by atoms with Gasteiger partial charge in [-0.1, -0.05) is 0 Å². The van der Waals surface area contributed by atoms with Crippen molar-refractivity contribution in [1.82, 2.24) is 0 Å². The molecule has 1 aromatic heterocycles. The van der Waals surface area contributed by atoms with Gasteiger partial charge in [0.1, 0.15) is 4.90 Å². The summed E-state index contributed by atoms with van der Waals surface area (Å²) in [5, 5.41) is 8.40. The van der Waals surface area contributed by atoms with Gasteiger partial charge in [-0.05, 0) is 6.07 Å². The second-order valence-corrected chi connectivity index (χ2v) is 4.39. The molecule has 0 saturated carbocycles. The monoisotopic (exact) mass is 210 g/mol. The van der Waals surface area contributed by atoms with Gasteiger partial charge >= 0.3 is 5.97 Å². The van der Waals surface area contributed by atoms with Gasteiger partial charge in [0, 0.05) is 10.7 Å². The van der Waals surface area contributed by atoms with Crippen LogP contribution in [-0.2, 0) is 9.05 Å². The predicted molar refractivity (Wildman–Crippen MR) is 38.7 cm³/mol. The third-order valence-corrected chi connectivity index (χ3v) is 2.43. The number of hydrogen-bond donors (Lipinski definition) is 1. The summed E-state index contributed by atoms with van der Waals surface area (Å²) in [5.41, 5.74) is 0. The van der Waals surface area contributed by atoms with Crippen LogP contribution in [0.5, 0.6) is 0 Å². The molecule has 66 valence electrons. The maximum Gasteiger partial charge on any atom is 0.373 e. The van der Waals surface area contributed by atoms with E-state index in [-0.39, 0.29) is 0 Å². The Labute approximate surface area is 72.0 Å². The van der Waals surface area contributed by atoms with Crippen LogP contribution in [0.15, 0.2) is 21.6 Å². The van der Waals surface area contributed by atoms with Crippen molar-refractivity contribution in [2.24, 2.45) is 0 Å². The first-order valence-electron chi connectivity index (χ1n) is 2.68. The van der Waals surface area contributed by atoms with Crippen LogP contribution in [0, 0.1) is 0 Å². The molecule has 1 rings (SSSR count). The van der Waals surface area contributed by atoms with Gasteiger partial charge in [-0.25, -0.2) is 13.2 Å². The van der Waals surface area contributed by atoms with E-state index >= 15 is 0 Å².